The van der Waals surface area contributed by atoms with Gasteiger partial charge < -0.3 is 5.11 Å². The summed E-state index contributed by atoms with van der Waals surface area (Å²) in [7, 11) is -0.581. The number of non-ortho nitro benzene ring substituents is 1. The summed E-state index contributed by atoms with van der Waals surface area (Å²) in [5.41, 5.74) is 1.02. The van der Waals surface area contributed by atoms with Gasteiger partial charge in [-0.1, -0.05) is 48.5 Å². The molecule has 0 heterocycles. The number of aromatic hydroxyl groups is 1. The molecule has 0 bridgehead atoms. The summed E-state index contributed by atoms with van der Waals surface area (Å²) in [5, 5.41) is 23.2. The molecular weight excluding hydrogens is 347 g/mol. The molecule has 6 heteroatoms. The number of nitrogens with zero attached hydrogens (tertiary/aromatic N) is 2. The molecule has 0 aliphatic heterocycles. The fourth-order valence-electron chi connectivity index (χ4n) is 2.55. The van der Waals surface area contributed by atoms with Gasteiger partial charge in [0.05, 0.1) is 10.6 Å². The predicted octanol–water partition coefficient (Wildman–Crippen LogP) is 4.11. The summed E-state index contributed by atoms with van der Waals surface area (Å²) >= 11 is 0. The number of phenolic OH excluding ortho intramolecular Hbond substituents is 1. The molecule has 0 radical (unpaired) electrons. The van der Waals surface area contributed by atoms with Gasteiger partial charge in [0.1, 0.15) is 5.75 Å². The van der Waals surface area contributed by atoms with Crippen molar-refractivity contribution in [3.05, 3.63) is 88.5 Å². The van der Waals surface area contributed by atoms with Crippen LogP contribution >= 0.6 is 7.92 Å². The third kappa shape index (κ3) is 3.95. The second kappa shape index (κ2) is 7.89. The molecule has 3 rings (SSSR count). The summed E-state index contributed by atoms with van der Waals surface area (Å²) in [4.78, 5) is 14.9. The van der Waals surface area contributed by atoms with Gasteiger partial charge in [-0.05, 0) is 32.0 Å². The average Bonchev–Trinajstić information content (AvgIpc) is 2.67. The summed E-state index contributed by atoms with van der Waals surface area (Å²) in [6, 6.07) is 21.9. The fourth-order valence-corrected chi connectivity index (χ4v) is 4.23. The third-order valence-electron chi connectivity index (χ3n) is 3.95. The number of nitro groups is 1. The van der Waals surface area contributed by atoms with E-state index >= 15 is 0 Å². The molecule has 0 amide bonds. The van der Waals surface area contributed by atoms with Crippen LogP contribution in [0.15, 0.2) is 77.8 Å². The van der Waals surface area contributed by atoms with Crippen LogP contribution in [0.1, 0.15) is 5.56 Å². The van der Waals surface area contributed by atoms with Gasteiger partial charge in [0, 0.05) is 29.2 Å². The van der Waals surface area contributed by atoms with Gasteiger partial charge in [-0.15, -0.1) is 0 Å². The summed E-state index contributed by atoms with van der Waals surface area (Å²) in [5.74, 6) is -0.0429. The Morgan fingerprint density at radius 2 is 1.73 bits per heavy atom. The number of benzene rings is 3. The highest BCUT2D eigenvalue weighted by Crippen LogP contribution is 2.33. The predicted molar refractivity (Wildman–Crippen MR) is 107 cm³/mol. The van der Waals surface area contributed by atoms with Crippen molar-refractivity contribution < 1.29 is 10.0 Å². The molecule has 0 aromatic heterocycles. The molecule has 3 aromatic carbocycles. The van der Waals surface area contributed by atoms with Crippen LogP contribution in [0, 0.1) is 10.1 Å². The van der Waals surface area contributed by atoms with Crippen LogP contribution in [0.25, 0.3) is 0 Å². The first kappa shape index (κ1) is 17.8. The van der Waals surface area contributed by atoms with E-state index in [9.17, 15) is 15.2 Å². The Bertz CT molecular complexity index is 958. The van der Waals surface area contributed by atoms with Gasteiger partial charge in [0.25, 0.3) is 5.69 Å². The van der Waals surface area contributed by atoms with Gasteiger partial charge in [-0.2, -0.15) is 0 Å². The molecule has 0 aliphatic rings. The number of hydrogen-bond acceptors (Lipinski definition) is 4. The van der Waals surface area contributed by atoms with E-state index in [1.54, 1.807) is 0 Å². The smallest absolute Gasteiger partial charge is 0.270 e. The lowest BCUT2D eigenvalue weighted by atomic mass is 10.2. The van der Waals surface area contributed by atoms with Gasteiger partial charge in [-0.3, -0.25) is 15.1 Å². The van der Waals surface area contributed by atoms with Crippen molar-refractivity contribution in [3.63, 3.8) is 0 Å². The molecule has 0 saturated heterocycles. The number of hydrogen-bond donors (Lipinski definition) is 1. The van der Waals surface area contributed by atoms with E-state index in [2.05, 4.69) is 23.8 Å². The minimum absolute atomic E-state index is 0.0429. The molecule has 0 saturated carbocycles. The monoisotopic (exact) mass is 364 g/mol. The van der Waals surface area contributed by atoms with Crippen LogP contribution in [-0.2, 0) is 0 Å². The number of phenols is 1. The van der Waals surface area contributed by atoms with Crippen LogP contribution < -0.4 is 10.6 Å². The van der Waals surface area contributed by atoms with Gasteiger partial charge >= 0.3 is 0 Å². The molecule has 130 valence electrons. The van der Waals surface area contributed by atoms with Gasteiger partial charge in [-0.25, -0.2) is 0 Å². The number of para-hydroxylation sites is 1. The molecule has 0 fully saturated rings. The summed E-state index contributed by atoms with van der Waals surface area (Å²) < 4.78 is 0. The van der Waals surface area contributed by atoms with Gasteiger partial charge in [0.2, 0.25) is 0 Å². The van der Waals surface area contributed by atoms with E-state index in [4.69, 9.17) is 0 Å². The quantitative estimate of drug-likeness (QED) is 0.320. The molecule has 0 aliphatic carbocycles. The van der Waals surface area contributed by atoms with E-state index in [1.807, 2.05) is 42.5 Å². The first-order valence-corrected chi connectivity index (χ1v) is 9.74. The lowest BCUT2D eigenvalue weighted by Crippen LogP contribution is -2.10. The zero-order valence-corrected chi connectivity index (χ0v) is 15.0. The molecular formula is C20H17N2O3P. The van der Waals surface area contributed by atoms with Crippen molar-refractivity contribution in [1.82, 2.24) is 0 Å². The summed E-state index contributed by atoms with van der Waals surface area (Å²) in [6.45, 7) is 2.17. The van der Waals surface area contributed by atoms with E-state index in [-0.39, 0.29) is 11.4 Å². The average molecular weight is 364 g/mol. The standard InChI is InChI=1S/C20H17N2O3P/c1-26(17-7-3-2-4-8-17)20-10-6-5-9-18(20)21-14-15-13-16(22(24)25)11-12-19(15)23/h2-14,23H,1H3. The second-order valence-electron chi connectivity index (χ2n) is 5.64. The molecule has 1 atom stereocenters. The molecule has 3 aromatic rings. The minimum atomic E-state index is -0.581. The Morgan fingerprint density at radius 3 is 2.46 bits per heavy atom. The van der Waals surface area contributed by atoms with Crippen molar-refractivity contribution in [2.75, 3.05) is 6.66 Å². The molecule has 1 N–H and O–H groups in total. The van der Waals surface area contributed by atoms with Crippen molar-refractivity contribution in [2.45, 2.75) is 0 Å². The maximum absolute atomic E-state index is 10.9. The van der Waals surface area contributed by atoms with Crippen LogP contribution in [0.4, 0.5) is 11.4 Å². The molecule has 26 heavy (non-hydrogen) atoms. The highest BCUT2D eigenvalue weighted by molar-refractivity contribution is 7.72. The number of aliphatic imine (C=N–C) groups is 1. The SMILES string of the molecule is CP(c1ccccc1)c1ccccc1N=Cc1cc([N+](=O)[O-])ccc1O. The zero-order chi connectivity index (χ0) is 18.5. The van der Waals surface area contributed by atoms with E-state index in [0.29, 0.717) is 5.56 Å². The second-order valence-corrected chi connectivity index (χ2v) is 7.76. The summed E-state index contributed by atoms with van der Waals surface area (Å²) in [6.07, 6.45) is 1.47. The Kier molecular flexibility index (Phi) is 5.40. The Morgan fingerprint density at radius 1 is 1.04 bits per heavy atom. The van der Waals surface area contributed by atoms with Crippen LogP contribution in [0.3, 0.4) is 0 Å². The van der Waals surface area contributed by atoms with E-state index < -0.39 is 12.8 Å². The highest BCUT2D eigenvalue weighted by Gasteiger charge is 2.12. The van der Waals surface area contributed by atoms with Crippen LogP contribution in [-0.4, -0.2) is 22.9 Å². The van der Waals surface area contributed by atoms with Crippen LogP contribution in [0.2, 0.25) is 0 Å². The van der Waals surface area contributed by atoms with Crippen molar-refractivity contribution >= 4 is 36.1 Å². The minimum Gasteiger partial charge on any atom is -0.507 e. The maximum atomic E-state index is 10.9. The topological polar surface area (TPSA) is 75.7 Å². The van der Waals surface area contributed by atoms with Crippen LogP contribution in [0.5, 0.6) is 5.75 Å². The van der Waals surface area contributed by atoms with E-state index in [1.165, 1.54) is 29.7 Å². The first-order valence-electron chi connectivity index (χ1n) is 7.95. The Hall–Kier alpha value is -3.04. The number of rotatable bonds is 5. The first-order chi connectivity index (χ1) is 12.6. The number of nitro benzene ring substituents is 1. The van der Waals surface area contributed by atoms with E-state index in [0.717, 1.165) is 11.0 Å². The zero-order valence-electron chi connectivity index (χ0n) is 14.1. The van der Waals surface area contributed by atoms with Crippen molar-refractivity contribution in [3.8, 4) is 5.75 Å². The molecule has 0 spiro atoms. The highest BCUT2D eigenvalue weighted by atomic mass is 31.1. The third-order valence-corrected chi connectivity index (χ3v) is 6.12. The van der Waals surface area contributed by atoms with Crippen molar-refractivity contribution in [2.24, 2.45) is 4.99 Å². The van der Waals surface area contributed by atoms with Gasteiger partial charge in [0.15, 0.2) is 0 Å². The molecule has 1 unspecified atom stereocenters. The lowest BCUT2D eigenvalue weighted by molar-refractivity contribution is -0.384. The maximum Gasteiger partial charge on any atom is 0.270 e. The van der Waals surface area contributed by atoms with Crippen molar-refractivity contribution in [1.29, 1.82) is 0 Å². The fraction of sp³-hybridized carbons (Fsp3) is 0.0500. The lowest BCUT2D eigenvalue weighted by Gasteiger charge is -2.15. The normalized spacial score (nSPS) is 12.2. The molecule has 5 nitrogen and oxygen atoms in total. The Labute approximate surface area is 152 Å². The Balaban J connectivity index is 1.95. The largest absolute Gasteiger partial charge is 0.507 e.